The van der Waals surface area contributed by atoms with Gasteiger partial charge in [-0.15, -0.1) is 0 Å². The summed E-state index contributed by atoms with van der Waals surface area (Å²) in [6, 6.07) is 14.3. The summed E-state index contributed by atoms with van der Waals surface area (Å²) in [5.41, 5.74) is 5.60. The van der Waals surface area contributed by atoms with Crippen molar-refractivity contribution in [2.45, 2.75) is 45.4 Å². The van der Waals surface area contributed by atoms with Crippen molar-refractivity contribution in [1.29, 1.82) is 0 Å². The van der Waals surface area contributed by atoms with Crippen LogP contribution in [0.5, 0.6) is 5.75 Å². The van der Waals surface area contributed by atoms with E-state index in [4.69, 9.17) is 14.8 Å². The number of benzene rings is 2. The zero-order valence-corrected chi connectivity index (χ0v) is 18.6. The van der Waals surface area contributed by atoms with Crippen LogP contribution in [0.1, 0.15) is 47.4 Å². The molecule has 1 atom stereocenters. The van der Waals surface area contributed by atoms with E-state index in [1.807, 2.05) is 37.4 Å². The van der Waals surface area contributed by atoms with Crippen LogP contribution >= 0.6 is 0 Å². The van der Waals surface area contributed by atoms with E-state index in [2.05, 4.69) is 35.4 Å². The van der Waals surface area contributed by atoms with Gasteiger partial charge in [0.25, 0.3) is 0 Å². The third-order valence-corrected chi connectivity index (χ3v) is 5.90. The molecule has 6 heteroatoms. The van der Waals surface area contributed by atoms with Crippen molar-refractivity contribution < 1.29 is 14.6 Å². The molecule has 0 radical (unpaired) electrons. The van der Waals surface area contributed by atoms with Crippen molar-refractivity contribution in [2.75, 3.05) is 18.5 Å². The van der Waals surface area contributed by atoms with Crippen LogP contribution < -0.4 is 10.1 Å². The summed E-state index contributed by atoms with van der Waals surface area (Å²) in [7, 11) is 0. The van der Waals surface area contributed by atoms with Gasteiger partial charge in [0, 0.05) is 23.9 Å². The standard InChI is InChI=1S/C26H29N3O3/c1-17-4-6-19(7-5-17)26-28-16-18(2)25(29-26)27-12-3-13-32-22-10-11-23-20(14-22)8-9-21(23)15-24(30)31/h4-7,10-11,14,16,21H,3,8-9,12-13,15H2,1-2H3,(H,30,31)(H,27,28,29)/t21-/m0/s1. The predicted octanol–water partition coefficient (Wildman–Crippen LogP) is 5.15. The van der Waals surface area contributed by atoms with Crippen LogP contribution in [0.3, 0.4) is 0 Å². The summed E-state index contributed by atoms with van der Waals surface area (Å²) in [5, 5.41) is 12.5. The lowest BCUT2D eigenvalue weighted by molar-refractivity contribution is -0.137. The normalized spacial score (nSPS) is 14.8. The second-order valence-corrected chi connectivity index (χ2v) is 8.41. The van der Waals surface area contributed by atoms with Crippen LogP contribution in [0.25, 0.3) is 11.4 Å². The van der Waals surface area contributed by atoms with E-state index >= 15 is 0 Å². The Labute approximate surface area is 188 Å². The molecule has 4 rings (SSSR count). The van der Waals surface area contributed by atoms with E-state index in [1.54, 1.807) is 0 Å². The van der Waals surface area contributed by atoms with E-state index in [1.165, 1.54) is 11.1 Å². The Hall–Kier alpha value is -3.41. The number of aryl methyl sites for hydroxylation is 3. The number of hydrogen-bond acceptors (Lipinski definition) is 5. The molecule has 1 aliphatic rings. The number of carboxylic acids is 1. The van der Waals surface area contributed by atoms with Crippen molar-refractivity contribution in [1.82, 2.24) is 9.97 Å². The van der Waals surface area contributed by atoms with E-state index in [-0.39, 0.29) is 12.3 Å². The van der Waals surface area contributed by atoms with Gasteiger partial charge in [-0.2, -0.15) is 0 Å². The third kappa shape index (κ3) is 5.25. The number of fused-ring (bicyclic) bond motifs is 1. The van der Waals surface area contributed by atoms with Gasteiger partial charge in [-0.1, -0.05) is 35.9 Å². The average molecular weight is 432 g/mol. The largest absolute Gasteiger partial charge is 0.494 e. The third-order valence-electron chi connectivity index (χ3n) is 5.90. The molecule has 1 aromatic heterocycles. The molecule has 1 aliphatic carbocycles. The van der Waals surface area contributed by atoms with Gasteiger partial charge in [-0.25, -0.2) is 9.97 Å². The maximum atomic E-state index is 11.0. The fourth-order valence-electron chi connectivity index (χ4n) is 4.13. The van der Waals surface area contributed by atoms with Crippen LogP contribution in [0.2, 0.25) is 0 Å². The maximum Gasteiger partial charge on any atom is 0.303 e. The first kappa shape index (κ1) is 21.8. The van der Waals surface area contributed by atoms with Gasteiger partial charge < -0.3 is 15.2 Å². The molecule has 0 amide bonds. The lowest BCUT2D eigenvalue weighted by atomic mass is 9.98. The Morgan fingerprint density at radius 2 is 2.00 bits per heavy atom. The monoisotopic (exact) mass is 431 g/mol. The Morgan fingerprint density at radius 1 is 1.19 bits per heavy atom. The van der Waals surface area contributed by atoms with E-state index < -0.39 is 5.97 Å². The number of carboxylic acid groups (broad SMARTS) is 1. The van der Waals surface area contributed by atoms with Gasteiger partial charge >= 0.3 is 5.97 Å². The van der Waals surface area contributed by atoms with Crippen molar-refractivity contribution in [3.63, 3.8) is 0 Å². The van der Waals surface area contributed by atoms with E-state index in [0.717, 1.165) is 54.1 Å². The predicted molar refractivity (Wildman–Crippen MR) is 125 cm³/mol. The molecule has 2 N–H and O–H groups in total. The zero-order chi connectivity index (χ0) is 22.5. The quantitative estimate of drug-likeness (QED) is 0.456. The number of nitrogens with zero attached hydrogens (tertiary/aromatic N) is 2. The number of aromatic nitrogens is 2. The zero-order valence-electron chi connectivity index (χ0n) is 18.6. The van der Waals surface area contributed by atoms with Crippen LogP contribution in [0.15, 0.2) is 48.7 Å². The summed E-state index contributed by atoms with van der Waals surface area (Å²) in [5.74, 6) is 1.80. The number of nitrogens with one attached hydrogen (secondary N) is 1. The van der Waals surface area contributed by atoms with Crippen molar-refractivity contribution >= 4 is 11.8 Å². The first-order valence-corrected chi connectivity index (χ1v) is 11.1. The van der Waals surface area contributed by atoms with Gasteiger partial charge in [0.1, 0.15) is 11.6 Å². The van der Waals surface area contributed by atoms with Crippen LogP contribution in [-0.2, 0) is 11.2 Å². The lowest BCUT2D eigenvalue weighted by Crippen LogP contribution is -2.10. The van der Waals surface area contributed by atoms with Gasteiger partial charge in [0.15, 0.2) is 5.82 Å². The molecular formula is C26H29N3O3. The molecule has 3 aromatic rings. The van der Waals surface area contributed by atoms with Crippen LogP contribution in [0.4, 0.5) is 5.82 Å². The molecular weight excluding hydrogens is 402 g/mol. The van der Waals surface area contributed by atoms with Crippen molar-refractivity contribution in [3.8, 4) is 17.1 Å². The minimum absolute atomic E-state index is 0.127. The van der Waals surface area contributed by atoms with Crippen molar-refractivity contribution in [3.05, 3.63) is 70.9 Å². The highest BCUT2D eigenvalue weighted by atomic mass is 16.5. The summed E-state index contributed by atoms with van der Waals surface area (Å²) in [6.07, 6.45) is 4.71. The molecule has 2 aromatic carbocycles. The Kier molecular flexibility index (Phi) is 6.69. The summed E-state index contributed by atoms with van der Waals surface area (Å²) < 4.78 is 5.93. The molecule has 0 spiro atoms. The number of anilines is 1. The van der Waals surface area contributed by atoms with Crippen molar-refractivity contribution in [2.24, 2.45) is 0 Å². The fraction of sp³-hybridized carbons (Fsp3) is 0.346. The summed E-state index contributed by atoms with van der Waals surface area (Å²) in [6.45, 7) is 5.41. The maximum absolute atomic E-state index is 11.0. The van der Waals surface area contributed by atoms with Gasteiger partial charge in [-0.05, 0) is 62.3 Å². The number of hydrogen-bond donors (Lipinski definition) is 2. The SMILES string of the molecule is Cc1ccc(-c2ncc(C)c(NCCCOc3ccc4c(c3)CC[C@H]4CC(=O)O)n2)cc1. The highest BCUT2D eigenvalue weighted by molar-refractivity contribution is 5.68. The highest BCUT2D eigenvalue weighted by Gasteiger charge is 2.24. The highest BCUT2D eigenvalue weighted by Crippen LogP contribution is 2.37. The molecule has 0 saturated heterocycles. The number of rotatable bonds is 9. The molecule has 0 aliphatic heterocycles. The number of carbonyl (C=O) groups is 1. The van der Waals surface area contributed by atoms with Crippen LogP contribution in [-0.4, -0.2) is 34.2 Å². The number of ether oxygens (including phenoxy) is 1. The first-order valence-electron chi connectivity index (χ1n) is 11.1. The molecule has 32 heavy (non-hydrogen) atoms. The Balaban J connectivity index is 1.28. The second-order valence-electron chi connectivity index (χ2n) is 8.41. The smallest absolute Gasteiger partial charge is 0.303 e. The molecule has 0 unspecified atom stereocenters. The summed E-state index contributed by atoms with van der Waals surface area (Å²) >= 11 is 0. The summed E-state index contributed by atoms with van der Waals surface area (Å²) in [4.78, 5) is 20.2. The second kappa shape index (κ2) is 9.81. The Bertz CT molecular complexity index is 1100. The molecule has 1 heterocycles. The van der Waals surface area contributed by atoms with Gasteiger partial charge in [0.05, 0.1) is 13.0 Å². The molecule has 0 fully saturated rings. The molecule has 6 nitrogen and oxygen atoms in total. The van der Waals surface area contributed by atoms with Gasteiger partial charge in [0.2, 0.25) is 0 Å². The first-order chi connectivity index (χ1) is 15.5. The van der Waals surface area contributed by atoms with E-state index in [9.17, 15) is 4.79 Å². The van der Waals surface area contributed by atoms with Crippen LogP contribution in [0, 0.1) is 13.8 Å². The average Bonchev–Trinajstić information content (AvgIpc) is 3.16. The van der Waals surface area contributed by atoms with Gasteiger partial charge in [-0.3, -0.25) is 4.79 Å². The lowest BCUT2D eigenvalue weighted by Gasteiger charge is -2.12. The fourth-order valence-corrected chi connectivity index (χ4v) is 4.13. The number of aliphatic carboxylic acids is 1. The topological polar surface area (TPSA) is 84.3 Å². The molecule has 0 bridgehead atoms. The molecule has 166 valence electrons. The van der Waals surface area contributed by atoms with E-state index in [0.29, 0.717) is 12.4 Å². The molecule has 0 saturated carbocycles. The minimum Gasteiger partial charge on any atom is -0.494 e. The Morgan fingerprint density at radius 3 is 2.78 bits per heavy atom. The minimum atomic E-state index is -0.736.